The molecule has 2 aromatic rings. The van der Waals surface area contributed by atoms with Crippen molar-refractivity contribution >= 4 is 22.7 Å². The Kier molecular flexibility index (Phi) is 3.98. The summed E-state index contributed by atoms with van der Waals surface area (Å²) in [7, 11) is 1.48. The molecule has 0 radical (unpaired) electrons. The molecule has 0 aliphatic rings. The number of nitro groups is 2. The van der Waals surface area contributed by atoms with Gasteiger partial charge in [-0.25, -0.2) is 0 Å². The lowest BCUT2D eigenvalue weighted by molar-refractivity contribution is -0.393. The largest absolute Gasteiger partial charge is 0.495 e. The maximum atomic E-state index is 11.1. The zero-order chi connectivity index (χ0) is 15.4. The minimum atomic E-state index is -0.681. The van der Waals surface area contributed by atoms with E-state index in [4.69, 9.17) is 4.74 Å². The number of methoxy groups -OCH3 is 1. The lowest BCUT2D eigenvalue weighted by Crippen LogP contribution is -2.00. The molecule has 0 aliphatic carbocycles. The SMILES string of the molecule is COc1ccccc1Nc1ccc([N+](=O)[O-])cc1[N+](=O)[O-]. The van der Waals surface area contributed by atoms with Gasteiger partial charge >= 0.3 is 0 Å². The molecule has 0 unspecified atom stereocenters. The molecule has 0 saturated carbocycles. The highest BCUT2D eigenvalue weighted by molar-refractivity contribution is 5.74. The van der Waals surface area contributed by atoms with Crippen LogP contribution in [0.25, 0.3) is 0 Å². The molecule has 0 atom stereocenters. The molecule has 0 aromatic heterocycles. The van der Waals surface area contributed by atoms with Crippen LogP contribution < -0.4 is 10.1 Å². The molecule has 0 fully saturated rings. The first-order chi connectivity index (χ1) is 10.0. The lowest BCUT2D eigenvalue weighted by Gasteiger charge is -2.10. The highest BCUT2D eigenvalue weighted by atomic mass is 16.6. The van der Waals surface area contributed by atoms with Crippen molar-refractivity contribution in [2.24, 2.45) is 0 Å². The quantitative estimate of drug-likeness (QED) is 0.668. The molecule has 21 heavy (non-hydrogen) atoms. The third-order valence-electron chi connectivity index (χ3n) is 2.77. The van der Waals surface area contributed by atoms with E-state index in [1.165, 1.54) is 19.2 Å². The van der Waals surface area contributed by atoms with Gasteiger partial charge in [0.15, 0.2) is 0 Å². The summed E-state index contributed by atoms with van der Waals surface area (Å²) in [6.45, 7) is 0. The zero-order valence-electron chi connectivity index (χ0n) is 11.0. The minimum absolute atomic E-state index is 0.148. The van der Waals surface area contributed by atoms with Crippen LogP contribution in [0.2, 0.25) is 0 Å². The summed E-state index contributed by atoms with van der Waals surface area (Å²) in [4.78, 5) is 20.4. The molecule has 1 N–H and O–H groups in total. The van der Waals surface area contributed by atoms with Crippen LogP contribution in [0.3, 0.4) is 0 Å². The Morgan fingerprint density at radius 3 is 2.33 bits per heavy atom. The van der Waals surface area contributed by atoms with Gasteiger partial charge in [0, 0.05) is 6.07 Å². The normalized spacial score (nSPS) is 9.95. The van der Waals surface area contributed by atoms with Gasteiger partial charge in [0.2, 0.25) is 0 Å². The number of benzene rings is 2. The van der Waals surface area contributed by atoms with Crippen molar-refractivity contribution in [2.75, 3.05) is 12.4 Å². The molecule has 0 aliphatic heterocycles. The van der Waals surface area contributed by atoms with E-state index in [9.17, 15) is 20.2 Å². The van der Waals surface area contributed by atoms with Gasteiger partial charge in [0.05, 0.1) is 28.7 Å². The number of nitro benzene ring substituents is 2. The molecule has 0 saturated heterocycles. The van der Waals surface area contributed by atoms with E-state index < -0.39 is 9.85 Å². The van der Waals surface area contributed by atoms with E-state index >= 15 is 0 Å². The molecule has 0 heterocycles. The summed E-state index contributed by atoms with van der Waals surface area (Å²) in [6.07, 6.45) is 0. The van der Waals surface area contributed by atoms with Gasteiger partial charge in [0.25, 0.3) is 11.4 Å². The van der Waals surface area contributed by atoms with E-state index in [0.29, 0.717) is 11.4 Å². The Balaban J connectivity index is 2.44. The van der Waals surface area contributed by atoms with Gasteiger partial charge in [-0.1, -0.05) is 12.1 Å². The Hall–Kier alpha value is -3.16. The molecule has 0 bridgehead atoms. The van der Waals surface area contributed by atoms with Crippen molar-refractivity contribution in [3.63, 3.8) is 0 Å². The van der Waals surface area contributed by atoms with Gasteiger partial charge in [-0.3, -0.25) is 20.2 Å². The van der Waals surface area contributed by atoms with Crippen LogP contribution in [0.5, 0.6) is 5.75 Å². The number of nitrogens with one attached hydrogen (secondary N) is 1. The van der Waals surface area contributed by atoms with Crippen LogP contribution in [-0.2, 0) is 0 Å². The summed E-state index contributed by atoms with van der Waals surface area (Å²) in [6, 6.07) is 10.3. The third kappa shape index (κ3) is 3.06. The number of nitrogens with zero attached hydrogens (tertiary/aromatic N) is 2. The number of anilines is 2. The highest BCUT2D eigenvalue weighted by Crippen LogP contribution is 2.34. The average molecular weight is 289 g/mol. The third-order valence-corrected chi connectivity index (χ3v) is 2.77. The molecular weight excluding hydrogens is 278 g/mol. The van der Waals surface area contributed by atoms with E-state index in [1.54, 1.807) is 24.3 Å². The number of para-hydroxylation sites is 2. The number of rotatable bonds is 5. The first-order valence-electron chi connectivity index (χ1n) is 5.86. The molecule has 8 nitrogen and oxygen atoms in total. The van der Waals surface area contributed by atoms with Gasteiger partial charge in [-0.15, -0.1) is 0 Å². The predicted molar refractivity (Wildman–Crippen MR) is 76.0 cm³/mol. The summed E-state index contributed by atoms with van der Waals surface area (Å²) in [5, 5.41) is 24.6. The molecule has 8 heteroatoms. The van der Waals surface area contributed by atoms with Crippen LogP contribution in [0.1, 0.15) is 0 Å². The fraction of sp³-hybridized carbons (Fsp3) is 0.0769. The Morgan fingerprint density at radius 1 is 1.00 bits per heavy atom. The fourth-order valence-corrected chi connectivity index (χ4v) is 1.78. The first-order valence-corrected chi connectivity index (χ1v) is 5.86. The van der Waals surface area contributed by atoms with Crippen LogP contribution in [-0.4, -0.2) is 17.0 Å². The van der Waals surface area contributed by atoms with Gasteiger partial charge < -0.3 is 10.1 Å². The molecule has 108 valence electrons. The number of ether oxygens (including phenoxy) is 1. The molecule has 0 spiro atoms. The summed E-state index contributed by atoms with van der Waals surface area (Å²) in [5.74, 6) is 0.505. The molecular formula is C13H11N3O5. The number of non-ortho nitro benzene ring substituents is 1. The topological polar surface area (TPSA) is 108 Å². The van der Waals surface area contributed by atoms with Gasteiger partial charge in [-0.05, 0) is 18.2 Å². The van der Waals surface area contributed by atoms with Gasteiger partial charge in [0.1, 0.15) is 11.4 Å². The standard InChI is InChI=1S/C13H11N3O5/c1-21-13-5-3-2-4-11(13)14-10-7-6-9(15(17)18)8-12(10)16(19)20/h2-8,14H,1H3. The monoisotopic (exact) mass is 289 g/mol. The minimum Gasteiger partial charge on any atom is -0.495 e. The predicted octanol–water partition coefficient (Wildman–Crippen LogP) is 3.26. The summed E-state index contributed by atoms with van der Waals surface area (Å²) < 4.78 is 5.14. The van der Waals surface area contributed by atoms with Crippen molar-refractivity contribution < 1.29 is 14.6 Å². The molecule has 2 aromatic carbocycles. The maximum absolute atomic E-state index is 11.1. The smallest absolute Gasteiger partial charge is 0.299 e. The van der Waals surface area contributed by atoms with E-state index in [-0.39, 0.29) is 17.1 Å². The number of hydrogen-bond donors (Lipinski definition) is 1. The van der Waals surface area contributed by atoms with E-state index in [1.807, 2.05) is 0 Å². The summed E-state index contributed by atoms with van der Waals surface area (Å²) >= 11 is 0. The fourth-order valence-electron chi connectivity index (χ4n) is 1.78. The van der Waals surface area contributed by atoms with Crippen molar-refractivity contribution in [1.29, 1.82) is 0 Å². The summed E-state index contributed by atoms with van der Waals surface area (Å²) in [5.41, 5.74) is -0.0468. The highest BCUT2D eigenvalue weighted by Gasteiger charge is 2.20. The van der Waals surface area contributed by atoms with Crippen LogP contribution in [0.4, 0.5) is 22.7 Å². The maximum Gasteiger partial charge on any atom is 0.299 e. The zero-order valence-corrected chi connectivity index (χ0v) is 11.0. The van der Waals surface area contributed by atoms with Crippen molar-refractivity contribution in [1.82, 2.24) is 0 Å². The average Bonchev–Trinajstić information content (AvgIpc) is 2.47. The van der Waals surface area contributed by atoms with Crippen LogP contribution >= 0.6 is 0 Å². The number of hydrogen-bond acceptors (Lipinski definition) is 6. The second-order valence-electron chi connectivity index (χ2n) is 4.04. The Morgan fingerprint density at radius 2 is 1.71 bits per heavy atom. The van der Waals surface area contributed by atoms with Gasteiger partial charge in [-0.2, -0.15) is 0 Å². The molecule has 2 rings (SSSR count). The second-order valence-corrected chi connectivity index (χ2v) is 4.04. The lowest BCUT2D eigenvalue weighted by atomic mass is 10.2. The van der Waals surface area contributed by atoms with Crippen molar-refractivity contribution in [2.45, 2.75) is 0 Å². The Bertz CT molecular complexity index is 702. The van der Waals surface area contributed by atoms with E-state index in [0.717, 1.165) is 6.07 Å². The molecule has 0 amide bonds. The second kappa shape index (κ2) is 5.87. The van der Waals surface area contributed by atoms with Crippen LogP contribution in [0, 0.1) is 20.2 Å². The van der Waals surface area contributed by atoms with Crippen molar-refractivity contribution in [3.8, 4) is 5.75 Å². The van der Waals surface area contributed by atoms with Crippen LogP contribution in [0.15, 0.2) is 42.5 Å². The first kappa shape index (κ1) is 14.3. The van der Waals surface area contributed by atoms with E-state index in [2.05, 4.69) is 5.32 Å². The Labute approximate surface area is 119 Å². The van der Waals surface area contributed by atoms with Crippen molar-refractivity contribution in [3.05, 3.63) is 62.7 Å².